The molecule has 0 bridgehead atoms. The molecule has 3 nitrogen and oxygen atoms in total. The molecule has 2 rings (SSSR count). The van der Waals surface area contributed by atoms with Gasteiger partial charge in [-0.15, -0.1) is 0 Å². The van der Waals surface area contributed by atoms with Crippen molar-refractivity contribution in [3.8, 4) is 0 Å². The molecule has 0 aromatic carbocycles. The lowest BCUT2D eigenvalue weighted by Crippen LogP contribution is -2.46. The monoisotopic (exact) mass is 274 g/mol. The summed E-state index contributed by atoms with van der Waals surface area (Å²) in [5.74, 6) is 0.198. The standard InChI is InChI=1S/C11H19BrN2O/c12-6-4-11(15)13-9-5-8-14-7-2-1-3-10(9)14/h9-10H,1-8H2,(H,13,15). The maximum atomic E-state index is 11.5. The van der Waals surface area contributed by atoms with Crippen molar-refractivity contribution in [1.82, 2.24) is 10.2 Å². The highest BCUT2D eigenvalue weighted by molar-refractivity contribution is 9.09. The Morgan fingerprint density at radius 2 is 2.20 bits per heavy atom. The van der Waals surface area contributed by atoms with Crippen LogP contribution < -0.4 is 5.32 Å². The molecule has 0 spiro atoms. The lowest BCUT2D eigenvalue weighted by Gasteiger charge is -2.32. The summed E-state index contributed by atoms with van der Waals surface area (Å²) in [6, 6.07) is 1.04. The van der Waals surface area contributed by atoms with Crippen LogP contribution in [-0.2, 0) is 4.79 Å². The van der Waals surface area contributed by atoms with Crippen LogP contribution in [0, 0.1) is 0 Å². The lowest BCUT2D eigenvalue weighted by atomic mass is 9.99. The number of rotatable bonds is 3. The Morgan fingerprint density at radius 1 is 1.33 bits per heavy atom. The van der Waals surface area contributed by atoms with E-state index in [0.717, 1.165) is 11.8 Å². The summed E-state index contributed by atoms with van der Waals surface area (Å²) in [6.07, 6.45) is 5.66. The first kappa shape index (κ1) is 11.4. The van der Waals surface area contributed by atoms with Crippen molar-refractivity contribution in [2.24, 2.45) is 0 Å². The largest absolute Gasteiger partial charge is 0.352 e. The second-order valence-electron chi connectivity index (χ2n) is 4.50. The summed E-state index contributed by atoms with van der Waals surface area (Å²) in [5, 5.41) is 3.93. The highest BCUT2D eigenvalue weighted by Gasteiger charge is 2.35. The fraction of sp³-hybridized carbons (Fsp3) is 0.909. The molecule has 2 heterocycles. The average Bonchev–Trinajstić information content (AvgIpc) is 2.62. The smallest absolute Gasteiger partial charge is 0.221 e. The van der Waals surface area contributed by atoms with E-state index in [0.29, 0.717) is 18.5 Å². The van der Waals surface area contributed by atoms with Crippen LogP contribution in [0.4, 0.5) is 0 Å². The minimum atomic E-state index is 0.198. The first-order chi connectivity index (χ1) is 7.31. The van der Waals surface area contributed by atoms with Crippen molar-refractivity contribution in [3.05, 3.63) is 0 Å². The Hall–Kier alpha value is -0.0900. The number of carbonyl (C=O) groups is 1. The van der Waals surface area contributed by atoms with Crippen LogP contribution in [0.3, 0.4) is 0 Å². The van der Waals surface area contributed by atoms with E-state index in [2.05, 4.69) is 26.1 Å². The van der Waals surface area contributed by atoms with Crippen LogP contribution >= 0.6 is 15.9 Å². The number of alkyl halides is 1. The Balaban J connectivity index is 1.85. The molecule has 2 unspecified atom stereocenters. The number of hydrogen-bond acceptors (Lipinski definition) is 2. The average molecular weight is 275 g/mol. The molecule has 2 atom stereocenters. The predicted molar refractivity (Wildman–Crippen MR) is 64.2 cm³/mol. The van der Waals surface area contributed by atoms with Gasteiger partial charge >= 0.3 is 0 Å². The molecule has 1 N–H and O–H groups in total. The van der Waals surface area contributed by atoms with Crippen LogP contribution in [0.2, 0.25) is 0 Å². The highest BCUT2D eigenvalue weighted by Crippen LogP contribution is 2.27. The molecule has 15 heavy (non-hydrogen) atoms. The van der Waals surface area contributed by atoms with Crippen LogP contribution in [-0.4, -0.2) is 41.3 Å². The zero-order valence-electron chi connectivity index (χ0n) is 9.04. The van der Waals surface area contributed by atoms with Crippen molar-refractivity contribution >= 4 is 21.8 Å². The molecular weight excluding hydrogens is 256 g/mol. The zero-order chi connectivity index (χ0) is 10.7. The van der Waals surface area contributed by atoms with Crippen molar-refractivity contribution in [3.63, 3.8) is 0 Å². The Labute approximate surface area is 99.7 Å². The van der Waals surface area contributed by atoms with E-state index in [1.54, 1.807) is 0 Å². The number of fused-ring (bicyclic) bond motifs is 1. The van der Waals surface area contributed by atoms with E-state index < -0.39 is 0 Å². The number of nitrogens with one attached hydrogen (secondary N) is 1. The Morgan fingerprint density at radius 3 is 3.00 bits per heavy atom. The van der Waals surface area contributed by atoms with Crippen LogP contribution in [0.25, 0.3) is 0 Å². The van der Waals surface area contributed by atoms with E-state index in [9.17, 15) is 4.79 Å². The van der Waals surface area contributed by atoms with Crippen LogP contribution in [0.5, 0.6) is 0 Å². The third-order valence-corrected chi connectivity index (χ3v) is 3.92. The van der Waals surface area contributed by atoms with Crippen molar-refractivity contribution < 1.29 is 4.79 Å². The van der Waals surface area contributed by atoms with Gasteiger partial charge in [-0.3, -0.25) is 9.69 Å². The predicted octanol–water partition coefficient (Wildman–Crippen LogP) is 1.51. The summed E-state index contributed by atoms with van der Waals surface area (Å²) in [5.41, 5.74) is 0. The topological polar surface area (TPSA) is 32.3 Å². The second kappa shape index (κ2) is 5.30. The molecule has 86 valence electrons. The normalized spacial score (nSPS) is 31.3. The molecule has 0 saturated carbocycles. The van der Waals surface area contributed by atoms with Gasteiger partial charge in [-0.2, -0.15) is 0 Å². The van der Waals surface area contributed by atoms with Crippen LogP contribution in [0.15, 0.2) is 0 Å². The SMILES string of the molecule is O=C(CCBr)NC1CCN2CCCCC12. The van der Waals surface area contributed by atoms with Crippen LogP contribution in [0.1, 0.15) is 32.1 Å². The molecule has 4 heteroatoms. The summed E-state index contributed by atoms with van der Waals surface area (Å²) in [6.45, 7) is 2.40. The molecule has 0 radical (unpaired) electrons. The summed E-state index contributed by atoms with van der Waals surface area (Å²) >= 11 is 3.30. The lowest BCUT2D eigenvalue weighted by molar-refractivity contribution is -0.121. The number of halogens is 1. The van der Waals surface area contributed by atoms with Gasteiger partial charge in [0.2, 0.25) is 5.91 Å². The van der Waals surface area contributed by atoms with Gasteiger partial charge in [0.1, 0.15) is 0 Å². The van der Waals surface area contributed by atoms with Crippen molar-refractivity contribution in [2.75, 3.05) is 18.4 Å². The van der Waals surface area contributed by atoms with Gasteiger partial charge < -0.3 is 5.32 Å². The highest BCUT2D eigenvalue weighted by atomic mass is 79.9. The molecule has 0 aromatic rings. The van der Waals surface area contributed by atoms with Gasteiger partial charge in [0.15, 0.2) is 0 Å². The fourth-order valence-corrected chi connectivity index (χ4v) is 3.14. The van der Waals surface area contributed by atoms with E-state index >= 15 is 0 Å². The first-order valence-corrected chi connectivity index (χ1v) is 7.03. The molecule has 2 fully saturated rings. The number of carbonyl (C=O) groups excluding carboxylic acids is 1. The summed E-state index contributed by atoms with van der Waals surface area (Å²) in [4.78, 5) is 14.1. The quantitative estimate of drug-likeness (QED) is 0.792. The van der Waals surface area contributed by atoms with E-state index in [1.165, 1.54) is 32.4 Å². The van der Waals surface area contributed by atoms with Gasteiger partial charge in [-0.05, 0) is 25.8 Å². The summed E-state index contributed by atoms with van der Waals surface area (Å²) < 4.78 is 0. The first-order valence-electron chi connectivity index (χ1n) is 5.90. The van der Waals surface area contributed by atoms with E-state index in [4.69, 9.17) is 0 Å². The molecule has 2 aliphatic rings. The third kappa shape index (κ3) is 2.72. The molecular formula is C11H19BrN2O. The minimum Gasteiger partial charge on any atom is -0.352 e. The zero-order valence-corrected chi connectivity index (χ0v) is 10.6. The van der Waals surface area contributed by atoms with Gasteiger partial charge in [0, 0.05) is 30.4 Å². The van der Waals surface area contributed by atoms with E-state index in [1.807, 2.05) is 0 Å². The molecule has 0 aromatic heterocycles. The van der Waals surface area contributed by atoms with Crippen molar-refractivity contribution in [1.29, 1.82) is 0 Å². The van der Waals surface area contributed by atoms with Gasteiger partial charge in [-0.25, -0.2) is 0 Å². The maximum Gasteiger partial charge on any atom is 0.221 e. The number of amides is 1. The summed E-state index contributed by atoms with van der Waals surface area (Å²) in [7, 11) is 0. The van der Waals surface area contributed by atoms with Crippen molar-refractivity contribution in [2.45, 2.75) is 44.2 Å². The molecule has 2 aliphatic heterocycles. The van der Waals surface area contributed by atoms with E-state index in [-0.39, 0.29) is 5.91 Å². The molecule has 0 aliphatic carbocycles. The number of nitrogens with zero attached hydrogens (tertiary/aromatic N) is 1. The van der Waals surface area contributed by atoms with Gasteiger partial charge in [-0.1, -0.05) is 22.4 Å². The van der Waals surface area contributed by atoms with Gasteiger partial charge in [0.05, 0.1) is 0 Å². The minimum absolute atomic E-state index is 0.198. The maximum absolute atomic E-state index is 11.5. The Kier molecular flexibility index (Phi) is 4.03. The Bertz CT molecular complexity index is 235. The molecule has 1 amide bonds. The third-order valence-electron chi connectivity index (χ3n) is 3.52. The number of hydrogen-bond donors (Lipinski definition) is 1. The van der Waals surface area contributed by atoms with Gasteiger partial charge in [0.25, 0.3) is 0 Å². The fourth-order valence-electron chi connectivity index (χ4n) is 2.78. The second-order valence-corrected chi connectivity index (χ2v) is 5.29. The number of piperidine rings is 1. The molecule has 2 saturated heterocycles.